The highest BCUT2D eigenvalue weighted by Crippen LogP contribution is 2.27. The van der Waals surface area contributed by atoms with Gasteiger partial charge in [-0.3, -0.25) is 0 Å². The topological polar surface area (TPSA) is 32.5 Å². The lowest BCUT2D eigenvalue weighted by Gasteiger charge is -2.29. The van der Waals surface area contributed by atoms with Crippen LogP contribution in [0.25, 0.3) is 0 Å². The number of nitrogens with zero attached hydrogens (tertiary/aromatic N) is 2. The predicted molar refractivity (Wildman–Crippen MR) is 76.4 cm³/mol. The summed E-state index contributed by atoms with van der Waals surface area (Å²) in [5.74, 6) is -0.915. The van der Waals surface area contributed by atoms with Crippen LogP contribution in [0.4, 0.5) is 20.2 Å². The molecule has 3 nitrogen and oxygen atoms in total. The van der Waals surface area contributed by atoms with Gasteiger partial charge in [-0.15, -0.1) is 0 Å². The summed E-state index contributed by atoms with van der Waals surface area (Å²) in [6.07, 6.45) is 0. The third-order valence-corrected chi connectivity index (χ3v) is 2.82. The van der Waals surface area contributed by atoms with Crippen molar-refractivity contribution in [2.75, 3.05) is 44.4 Å². The zero-order chi connectivity index (χ0) is 14.6. The molecule has 0 heterocycles. The Labute approximate surface area is 114 Å². The first kappa shape index (κ1) is 15.7. The molecule has 0 amide bonds. The number of rotatable bonds is 6. The fourth-order valence-corrected chi connectivity index (χ4v) is 1.90. The average molecular weight is 271 g/mol. The standard InChI is InChI=1S/C14H23F2N3/c1-10(2)9-19(6-5-18(3)4)13-8-11(15)7-12(16)14(13)17/h7-8,10H,5-6,9,17H2,1-4H3. The van der Waals surface area contributed by atoms with Gasteiger partial charge in [0.1, 0.15) is 5.82 Å². The van der Waals surface area contributed by atoms with Gasteiger partial charge in [0.25, 0.3) is 0 Å². The Balaban J connectivity index is 3.02. The highest BCUT2D eigenvalue weighted by molar-refractivity contribution is 5.68. The molecule has 0 aliphatic rings. The van der Waals surface area contributed by atoms with Crippen LogP contribution in [0.5, 0.6) is 0 Å². The second kappa shape index (κ2) is 6.70. The van der Waals surface area contributed by atoms with Crippen LogP contribution in [-0.2, 0) is 0 Å². The minimum Gasteiger partial charge on any atom is -0.395 e. The first-order valence-corrected chi connectivity index (χ1v) is 6.45. The number of benzene rings is 1. The van der Waals surface area contributed by atoms with Gasteiger partial charge in [-0.05, 0) is 26.1 Å². The van der Waals surface area contributed by atoms with E-state index in [9.17, 15) is 8.78 Å². The monoisotopic (exact) mass is 271 g/mol. The van der Waals surface area contributed by atoms with Crippen LogP contribution in [0.1, 0.15) is 13.8 Å². The molecule has 0 spiro atoms. The second-order valence-electron chi connectivity index (χ2n) is 5.46. The smallest absolute Gasteiger partial charge is 0.151 e. The summed E-state index contributed by atoms with van der Waals surface area (Å²) in [5, 5.41) is 0. The molecule has 108 valence electrons. The Morgan fingerprint density at radius 2 is 1.79 bits per heavy atom. The van der Waals surface area contributed by atoms with Crippen LogP contribution in [0.3, 0.4) is 0 Å². The predicted octanol–water partition coefficient (Wildman–Crippen LogP) is 2.57. The maximum Gasteiger partial charge on any atom is 0.151 e. The lowest BCUT2D eigenvalue weighted by atomic mass is 10.1. The number of hydrogen-bond acceptors (Lipinski definition) is 3. The molecule has 0 fully saturated rings. The Kier molecular flexibility index (Phi) is 5.54. The average Bonchev–Trinajstić information content (AvgIpc) is 2.28. The van der Waals surface area contributed by atoms with E-state index >= 15 is 0 Å². The summed E-state index contributed by atoms with van der Waals surface area (Å²) in [6.45, 7) is 6.31. The van der Waals surface area contributed by atoms with Crippen LogP contribution in [0, 0.1) is 17.6 Å². The number of hydrogen-bond donors (Lipinski definition) is 1. The van der Waals surface area contributed by atoms with Crippen molar-refractivity contribution in [1.82, 2.24) is 4.90 Å². The number of anilines is 2. The Morgan fingerprint density at radius 3 is 2.32 bits per heavy atom. The fourth-order valence-electron chi connectivity index (χ4n) is 1.90. The largest absolute Gasteiger partial charge is 0.395 e. The normalized spacial score (nSPS) is 11.4. The Hall–Kier alpha value is -1.36. The van der Waals surface area contributed by atoms with Crippen molar-refractivity contribution < 1.29 is 8.78 Å². The molecule has 19 heavy (non-hydrogen) atoms. The van der Waals surface area contributed by atoms with Gasteiger partial charge in [0.05, 0.1) is 11.4 Å². The van der Waals surface area contributed by atoms with Crippen molar-refractivity contribution in [3.05, 3.63) is 23.8 Å². The van der Waals surface area contributed by atoms with E-state index in [0.717, 1.165) is 12.6 Å². The summed E-state index contributed by atoms with van der Waals surface area (Å²) in [4.78, 5) is 3.96. The van der Waals surface area contributed by atoms with Gasteiger partial charge in [0.15, 0.2) is 5.82 Å². The summed E-state index contributed by atoms with van der Waals surface area (Å²) < 4.78 is 26.9. The third-order valence-electron chi connectivity index (χ3n) is 2.82. The highest BCUT2D eigenvalue weighted by atomic mass is 19.1. The zero-order valence-corrected chi connectivity index (χ0v) is 12.1. The van der Waals surface area contributed by atoms with Crippen LogP contribution >= 0.6 is 0 Å². The number of nitrogen functional groups attached to an aromatic ring is 1. The van der Waals surface area contributed by atoms with Crippen molar-refractivity contribution in [2.24, 2.45) is 5.92 Å². The van der Waals surface area contributed by atoms with E-state index in [1.807, 2.05) is 23.9 Å². The molecular formula is C14H23F2N3. The van der Waals surface area contributed by atoms with E-state index in [-0.39, 0.29) is 5.69 Å². The van der Waals surface area contributed by atoms with Crippen molar-refractivity contribution >= 4 is 11.4 Å². The second-order valence-corrected chi connectivity index (χ2v) is 5.46. The molecule has 2 N–H and O–H groups in total. The fraction of sp³-hybridized carbons (Fsp3) is 0.571. The number of nitrogens with two attached hydrogens (primary N) is 1. The van der Waals surface area contributed by atoms with Gasteiger partial charge in [0, 0.05) is 25.7 Å². The van der Waals surface area contributed by atoms with Gasteiger partial charge in [-0.1, -0.05) is 13.8 Å². The molecule has 0 aromatic heterocycles. The highest BCUT2D eigenvalue weighted by Gasteiger charge is 2.16. The van der Waals surface area contributed by atoms with Crippen molar-refractivity contribution in [3.63, 3.8) is 0 Å². The summed E-state index contributed by atoms with van der Waals surface area (Å²) >= 11 is 0. The molecular weight excluding hydrogens is 248 g/mol. The molecule has 0 saturated heterocycles. The minimum atomic E-state index is -0.700. The minimum absolute atomic E-state index is 0.0146. The van der Waals surface area contributed by atoms with Gasteiger partial charge >= 0.3 is 0 Å². The van der Waals surface area contributed by atoms with Gasteiger partial charge in [-0.2, -0.15) is 0 Å². The lowest BCUT2D eigenvalue weighted by molar-refractivity contribution is 0.409. The van der Waals surface area contributed by atoms with E-state index in [1.165, 1.54) is 6.07 Å². The zero-order valence-electron chi connectivity index (χ0n) is 12.1. The molecule has 0 aliphatic heterocycles. The van der Waals surface area contributed by atoms with E-state index < -0.39 is 11.6 Å². The molecule has 0 unspecified atom stereocenters. The van der Waals surface area contributed by atoms with E-state index in [2.05, 4.69) is 13.8 Å². The molecule has 1 aromatic rings. The van der Waals surface area contributed by atoms with Gasteiger partial charge in [0.2, 0.25) is 0 Å². The van der Waals surface area contributed by atoms with Crippen LogP contribution in [-0.4, -0.2) is 38.6 Å². The van der Waals surface area contributed by atoms with Gasteiger partial charge in [-0.25, -0.2) is 8.78 Å². The molecule has 0 atom stereocenters. The van der Waals surface area contributed by atoms with E-state index in [0.29, 0.717) is 24.7 Å². The van der Waals surface area contributed by atoms with E-state index in [4.69, 9.17) is 5.73 Å². The van der Waals surface area contributed by atoms with Gasteiger partial charge < -0.3 is 15.5 Å². The van der Waals surface area contributed by atoms with E-state index in [1.54, 1.807) is 0 Å². The molecule has 0 aliphatic carbocycles. The molecule has 0 saturated carbocycles. The van der Waals surface area contributed by atoms with Crippen molar-refractivity contribution in [2.45, 2.75) is 13.8 Å². The third kappa shape index (κ3) is 4.67. The maximum absolute atomic E-state index is 13.5. The summed E-state index contributed by atoms with van der Waals surface area (Å²) in [5.41, 5.74) is 6.19. The molecule has 5 heteroatoms. The quantitative estimate of drug-likeness (QED) is 0.807. The van der Waals surface area contributed by atoms with Crippen molar-refractivity contribution in [1.29, 1.82) is 0 Å². The van der Waals surface area contributed by atoms with Crippen LogP contribution in [0.15, 0.2) is 12.1 Å². The molecule has 0 radical (unpaired) electrons. The summed E-state index contributed by atoms with van der Waals surface area (Å²) in [6, 6.07) is 2.12. The first-order valence-electron chi connectivity index (χ1n) is 6.45. The van der Waals surface area contributed by atoms with Crippen molar-refractivity contribution in [3.8, 4) is 0 Å². The lowest BCUT2D eigenvalue weighted by Crippen LogP contribution is -2.35. The SMILES string of the molecule is CC(C)CN(CCN(C)C)c1cc(F)cc(F)c1N. The number of likely N-dealkylation sites (N-methyl/N-ethyl adjacent to an activating group) is 1. The number of halogens is 2. The molecule has 0 bridgehead atoms. The Morgan fingerprint density at radius 1 is 1.16 bits per heavy atom. The van der Waals surface area contributed by atoms with Crippen LogP contribution < -0.4 is 10.6 Å². The molecule has 1 rings (SSSR count). The Bertz CT molecular complexity index is 419. The summed E-state index contributed by atoms with van der Waals surface area (Å²) in [7, 11) is 3.92. The van der Waals surface area contributed by atoms with Crippen LogP contribution in [0.2, 0.25) is 0 Å². The maximum atomic E-state index is 13.5. The first-order chi connectivity index (χ1) is 8.81. The molecule has 1 aromatic carbocycles.